The monoisotopic (exact) mass is 227 g/mol. The summed E-state index contributed by atoms with van der Waals surface area (Å²) in [5.74, 6) is 0. The minimum Gasteiger partial charge on any atom is -0.208 e. The Hall–Kier alpha value is -0.870. The second-order valence-electron chi connectivity index (χ2n) is 3.75. The molecule has 3 nitrogen and oxygen atoms in total. The van der Waals surface area contributed by atoms with Crippen molar-refractivity contribution in [3.05, 3.63) is 29.8 Å². The Morgan fingerprint density at radius 2 is 2.07 bits per heavy atom. The third-order valence-corrected chi connectivity index (χ3v) is 3.86. The number of hydrogen-bond acceptors (Lipinski definition) is 2. The highest BCUT2D eigenvalue weighted by Gasteiger charge is 2.15. The highest BCUT2D eigenvalue weighted by atomic mass is 32.2. The first-order valence-electron chi connectivity index (χ1n) is 5.04. The Bertz CT molecular complexity index is 426. The summed E-state index contributed by atoms with van der Waals surface area (Å²) in [5.41, 5.74) is 0.946. The van der Waals surface area contributed by atoms with Gasteiger partial charge in [0.05, 0.1) is 4.90 Å². The van der Waals surface area contributed by atoms with E-state index in [-0.39, 0.29) is 6.04 Å². The van der Waals surface area contributed by atoms with Gasteiger partial charge < -0.3 is 0 Å². The summed E-state index contributed by atoms with van der Waals surface area (Å²) in [5, 5.41) is 0. The Kier molecular flexibility index (Phi) is 3.88. The van der Waals surface area contributed by atoms with Gasteiger partial charge in [-0.25, -0.2) is 13.1 Å². The van der Waals surface area contributed by atoms with E-state index in [1.165, 1.54) is 0 Å². The summed E-state index contributed by atoms with van der Waals surface area (Å²) < 4.78 is 26.3. The molecular weight excluding hydrogens is 210 g/mol. The lowest BCUT2D eigenvalue weighted by Crippen LogP contribution is -2.31. The van der Waals surface area contributed by atoms with Crippen LogP contribution in [-0.4, -0.2) is 14.5 Å². The molecule has 0 spiro atoms. The molecule has 0 amide bonds. The maximum absolute atomic E-state index is 11.8. The van der Waals surface area contributed by atoms with Crippen LogP contribution in [0.1, 0.15) is 25.8 Å². The predicted octanol–water partition coefficient (Wildman–Crippen LogP) is 2.07. The van der Waals surface area contributed by atoms with Crippen molar-refractivity contribution in [3.8, 4) is 0 Å². The molecule has 1 aromatic rings. The first-order valence-corrected chi connectivity index (χ1v) is 6.53. The van der Waals surface area contributed by atoms with Crippen molar-refractivity contribution in [2.24, 2.45) is 0 Å². The molecule has 1 N–H and O–H groups in total. The molecule has 0 fully saturated rings. The highest BCUT2D eigenvalue weighted by Crippen LogP contribution is 2.11. The number of rotatable bonds is 4. The Labute approximate surface area is 91.6 Å². The minimum atomic E-state index is -3.34. The highest BCUT2D eigenvalue weighted by molar-refractivity contribution is 7.89. The molecule has 0 aliphatic heterocycles. The molecule has 84 valence electrons. The zero-order valence-electron chi connectivity index (χ0n) is 9.32. The zero-order valence-corrected chi connectivity index (χ0v) is 10.1. The lowest BCUT2D eigenvalue weighted by atomic mass is 10.2. The molecule has 1 rings (SSSR count). The molecule has 0 aliphatic carbocycles. The van der Waals surface area contributed by atoms with Crippen molar-refractivity contribution in [1.29, 1.82) is 0 Å². The molecule has 1 unspecified atom stereocenters. The molecule has 0 aliphatic rings. The number of benzene rings is 1. The predicted molar refractivity (Wildman–Crippen MR) is 61.3 cm³/mol. The fraction of sp³-hybridized carbons (Fsp3) is 0.455. The summed E-state index contributed by atoms with van der Waals surface area (Å²) in [6, 6.07) is 6.88. The lowest BCUT2D eigenvalue weighted by Gasteiger charge is -2.12. The first-order chi connectivity index (χ1) is 6.95. The molecule has 0 saturated carbocycles. The van der Waals surface area contributed by atoms with Crippen molar-refractivity contribution in [1.82, 2.24) is 4.72 Å². The SMILES string of the molecule is CCC(C)NS(=O)(=O)c1cccc(C)c1. The fourth-order valence-corrected chi connectivity index (χ4v) is 2.63. The molecule has 15 heavy (non-hydrogen) atoms. The average molecular weight is 227 g/mol. The molecule has 0 heterocycles. The molecule has 0 saturated heterocycles. The van der Waals surface area contributed by atoms with Crippen molar-refractivity contribution in [3.63, 3.8) is 0 Å². The number of nitrogens with one attached hydrogen (secondary N) is 1. The number of hydrogen-bond donors (Lipinski definition) is 1. The molecule has 1 aromatic carbocycles. The largest absolute Gasteiger partial charge is 0.240 e. The van der Waals surface area contributed by atoms with Gasteiger partial charge in [-0.2, -0.15) is 0 Å². The Morgan fingerprint density at radius 3 is 2.60 bits per heavy atom. The molecule has 0 aromatic heterocycles. The molecule has 4 heteroatoms. The van der Waals surface area contributed by atoms with Crippen LogP contribution in [0.15, 0.2) is 29.2 Å². The number of aryl methyl sites for hydroxylation is 1. The van der Waals surface area contributed by atoms with E-state index < -0.39 is 10.0 Å². The summed E-state index contributed by atoms with van der Waals surface area (Å²) >= 11 is 0. The normalized spacial score (nSPS) is 13.8. The summed E-state index contributed by atoms with van der Waals surface area (Å²) in [4.78, 5) is 0.336. The van der Waals surface area contributed by atoms with Crippen LogP contribution in [0.5, 0.6) is 0 Å². The van der Waals surface area contributed by atoms with Gasteiger partial charge >= 0.3 is 0 Å². The van der Waals surface area contributed by atoms with Gasteiger partial charge in [0, 0.05) is 6.04 Å². The van der Waals surface area contributed by atoms with Crippen molar-refractivity contribution >= 4 is 10.0 Å². The summed E-state index contributed by atoms with van der Waals surface area (Å²) in [6.07, 6.45) is 0.783. The van der Waals surface area contributed by atoms with Crippen LogP contribution in [0, 0.1) is 6.92 Å². The quantitative estimate of drug-likeness (QED) is 0.856. The van der Waals surface area contributed by atoms with E-state index in [1.54, 1.807) is 18.2 Å². The van der Waals surface area contributed by atoms with Gasteiger partial charge in [-0.05, 0) is 38.0 Å². The van der Waals surface area contributed by atoms with Crippen LogP contribution in [0.3, 0.4) is 0 Å². The number of sulfonamides is 1. The fourth-order valence-electron chi connectivity index (χ4n) is 1.20. The Morgan fingerprint density at radius 1 is 1.40 bits per heavy atom. The second-order valence-corrected chi connectivity index (χ2v) is 5.46. The maximum Gasteiger partial charge on any atom is 0.240 e. The standard InChI is InChI=1S/C11H17NO2S/c1-4-10(3)12-15(13,14)11-7-5-6-9(2)8-11/h5-8,10,12H,4H2,1-3H3. The van der Waals surface area contributed by atoms with Crippen molar-refractivity contribution < 1.29 is 8.42 Å². The lowest BCUT2D eigenvalue weighted by molar-refractivity contribution is 0.556. The molecule has 1 atom stereocenters. The van der Waals surface area contributed by atoms with E-state index >= 15 is 0 Å². The van der Waals surface area contributed by atoms with Crippen molar-refractivity contribution in [2.45, 2.75) is 38.1 Å². The minimum absolute atomic E-state index is 0.0319. The van der Waals surface area contributed by atoms with Crippen LogP contribution >= 0.6 is 0 Å². The second kappa shape index (κ2) is 4.77. The van der Waals surface area contributed by atoms with E-state index in [4.69, 9.17) is 0 Å². The molecule has 0 bridgehead atoms. The van der Waals surface area contributed by atoms with E-state index in [0.717, 1.165) is 12.0 Å². The van der Waals surface area contributed by atoms with Crippen LogP contribution in [0.2, 0.25) is 0 Å². The first kappa shape index (κ1) is 12.2. The Balaban J connectivity index is 2.96. The zero-order chi connectivity index (χ0) is 11.5. The summed E-state index contributed by atoms with van der Waals surface area (Å²) in [7, 11) is -3.34. The topological polar surface area (TPSA) is 46.2 Å². The molecule has 0 radical (unpaired) electrons. The van der Waals surface area contributed by atoms with Gasteiger partial charge in [0.25, 0.3) is 0 Å². The van der Waals surface area contributed by atoms with Gasteiger partial charge in [0.15, 0.2) is 0 Å². The van der Waals surface area contributed by atoms with Crippen LogP contribution in [-0.2, 0) is 10.0 Å². The van der Waals surface area contributed by atoms with E-state index in [0.29, 0.717) is 4.90 Å². The third kappa shape index (κ3) is 3.32. The summed E-state index contributed by atoms with van der Waals surface area (Å²) in [6.45, 7) is 5.68. The third-order valence-electron chi connectivity index (χ3n) is 2.27. The van der Waals surface area contributed by atoms with Gasteiger partial charge in [-0.1, -0.05) is 19.1 Å². The maximum atomic E-state index is 11.8. The average Bonchev–Trinajstić information content (AvgIpc) is 2.17. The van der Waals surface area contributed by atoms with E-state index in [2.05, 4.69) is 4.72 Å². The van der Waals surface area contributed by atoms with Crippen LogP contribution in [0.4, 0.5) is 0 Å². The molecular formula is C11H17NO2S. The van der Waals surface area contributed by atoms with Gasteiger partial charge in [-0.3, -0.25) is 0 Å². The smallest absolute Gasteiger partial charge is 0.208 e. The van der Waals surface area contributed by atoms with Gasteiger partial charge in [0.2, 0.25) is 10.0 Å². The van der Waals surface area contributed by atoms with E-state index in [9.17, 15) is 8.42 Å². The van der Waals surface area contributed by atoms with E-state index in [1.807, 2.05) is 26.8 Å². The van der Waals surface area contributed by atoms with Gasteiger partial charge in [0.1, 0.15) is 0 Å². The van der Waals surface area contributed by atoms with Crippen LogP contribution in [0.25, 0.3) is 0 Å². The van der Waals surface area contributed by atoms with Crippen LogP contribution < -0.4 is 4.72 Å². The van der Waals surface area contributed by atoms with Gasteiger partial charge in [-0.15, -0.1) is 0 Å². The van der Waals surface area contributed by atoms with Crippen molar-refractivity contribution in [2.75, 3.05) is 0 Å².